The number of nitrogens with zero attached hydrogens (tertiary/aromatic N) is 1. The van der Waals surface area contributed by atoms with Gasteiger partial charge in [0.05, 0.1) is 12.3 Å². The summed E-state index contributed by atoms with van der Waals surface area (Å²) in [6.07, 6.45) is 0. The van der Waals surface area contributed by atoms with Gasteiger partial charge in [-0.15, -0.1) is 11.8 Å². The highest BCUT2D eigenvalue weighted by atomic mass is 35.5. The van der Waals surface area contributed by atoms with Crippen LogP contribution in [0.25, 0.3) is 0 Å². The highest BCUT2D eigenvalue weighted by Gasteiger charge is 2.32. The summed E-state index contributed by atoms with van der Waals surface area (Å²) in [5.74, 6) is 1.19. The molecule has 0 aliphatic carbocycles. The zero-order chi connectivity index (χ0) is 23.2. The van der Waals surface area contributed by atoms with E-state index < -0.39 is 0 Å². The molecule has 0 radical (unpaired) electrons. The molecular weight excluding hydrogens is 456 g/mol. The lowest BCUT2D eigenvalue weighted by Crippen LogP contribution is -2.28. The maximum Gasteiger partial charge on any atom is 0.251 e. The first kappa shape index (κ1) is 23.2. The van der Waals surface area contributed by atoms with Gasteiger partial charge < -0.3 is 15.0 Å². The van der Waals surface area contributed by atoms with Gasteiger partial charge in [-0.25, -0.2) is 0 Å². The molecule has 1 saturated heterocycles. The lowest BCUT2D eigenvalue weighted by atomic mass is 10.1. The van der Waals surface area contributed by atoms with Gasteiger partial charge in [-0.1, -0.05) is 48.0 Å². The van der Waals surface area contributed by atoms with Crippen LogP contribution in [0.5, 0.6) is 5.75 Å². The van der Waals surface area contributed by atoms with Crippen LogP contribution in [0.4, 0.5) is 0 Å². The molecule has 1 N–H and O–H groups in total. The zero-order valence-electron chi connectivity index (χ0n) is 18.3. The number of nitrogens with one attached hydrogen (secondary N) is 1. The van der Waals surface area contributed by atoms with Crippen LogP contribution in [0.3, 0.4) is 0 Å². The van der Waals surface area contributed by atoms with E-state index in [1.165, 1.54) is 0 Å². The number of carbonyl (C=O) groups excluding carboxylic acids is 2. The molecule has 1 fully saturated rings. The first-order valence-electron chi connectivity index (χ1n) is 10.7. The standard InChI is InChI=1S/C26H25ClN2O3S/c1-18-3-2-4-23(15-18)32-14-13-28-25(31)20-7-9-21(10-8-20)26-29(24(30)17-33-26)16-19-5-11-22(27)12-6-19/h2-12,15,26H,13-14,16-17H2,1H3,(H,28,31). The number of halogens is 1. The first-order valence-corrected chi connectivity index (χ1v) is 12.2. The minimum Gasteiger partial charge on any atom is -0.492 e. The Kier molecular flexibility index (Phi) is 7.57. The van der Waals surface area contributed by atoms with Crippen molar-refractivity contribution in [3.63, 3.8) is 0 Å². The smallest absolute Gasteiger partial charge is 0.251 e. The second-order valence-corrected chi connectivity index (χ2v) is 9.36. The van der Waals surface area contributed by atoms with Crippen molar-refractivity contribution in [3.05, 3.63) is 100 Å². The van der Waals surface area contributed by atoms with Gasteiger partial charge >= 0.3 is 0 Å². The Bertz CT molecular complexity index is 1120. The summed E-state index contributed by atoms with van der Waals surface area (Å²) >= 11 is 7.57. The summed E-state index contributed by atoms with van der Waals surface area (Å²) in [5, 5.41) is 3.48. The maximum atomic E-state index is 12.5. The Morgan fingerprint density at radius 1 is 1.12 bits per heavy atom. The van der Waals surface area contributed by atoms with E-state index in [1.54, 1.807) is 23.9 Å². The predicted octanol–water partition coefficient (Wildman–Crippen LogP) is 5.23. The summed E-state index contributed by atoms with van der Waals surface area (Å²) in [4.78, 5) is 26.8. The lowest BCUT2D eigenvalue weighted by Gasteiger charge is -2.24. The van der Waals surface area contributed by atoms with Crippen LogP contribution >= 0.6 is 23.4 Å². The molecule has 0 bridgehead atoms. The summed E-state index contributed by atoms with van der Waals surface area (Å²) in [5.41, 5.74) is 3.74. The van der Waals surface area contributed by atoms with E-state index in [0.29, 0.717) is 36.0 Å². The molecule has 1 aliphatic heterocycles. The summed E-state index contributed by atoms with van der Waals surface area (Å²) in [6.45, 7) is 3.34. The van der Waals surface area contributed by atoms with Gasteiger partial charge in [0.15, 0.2) is 0 Å². The normalized spacial score (nSPS) is 15.5. The average Bonchev–Trinajstić information content (AvgIpc) is 3.18. The van der Waals surface area contributed by atoms with Gasteiger partial charge in [0.1, 0.15) is 17.7 Å². The molecule has 7 heteroatoms. The number of rotatable bonds is 8. The fraction of sp³-hybridized carbons (Fsp3) is 0.231. The second kappa shape index (κ2) is 10.8. The minimum absolute atomic E-state index is 0.0759. The largest absolute Gasteiger partial charge is 0.492 e. The Morgan fingerprint density at radius 2 is 1.88 bits per heavy atom. The number of hydrogen-bond acceptors (Lipinski definition) is 4. The minimum atomic E-state index is -0.150. The quantitative estimate of drug-likeness (QED) is 0.448. The van der Waals surface area contributed by atoms with Crippen molar-refractivity contribution in [1.29, 1.82) is 0 Å². The maximum absolute atomic E-state index is 12.5. The number of thioether (sulfide) groups is 1. The number of hydrogen-bond donors (Lipinski definition) is 1. The predicted molar refractivity (Wildman–Crippen MR) is 133 cm³/mol. The zero-order valence-corrected chi connectivity index (χ0v) is 19.9. The van der Waals surface area contributed by atoms with E-state index in [1.807, 2.05) is 72.5 Å². The van der Waals surface area contributed by atoms with Gasteiger partial charge in [-0.05, 0) is 60.0 Å². The van der Waals surface area contributed by atoms with Crippen LogP contribution in [-0.4, -0.2) is 35.6 Å². The molecule has 33 heavy (non-hydrogen) atoms. The van der Waals surface area contributed by atoms with E-state index in [2.05, 4.69) is 5.32 Å². The fourth-order valence-corrected chi connectivity index (χ4v) is 4.94. The molecule has 0 saturated carbocycles. The molecule has 3 aromatic rings. The van der Waals surface area contributed by atoms with Crippen LogP contribution in [0.1, 0.15) is 32.4 Å². The summed E-state index contributed by atoms with van der Waals surface area (Å²) < 4.78 is 5.67. The van der Waals surface area contributed by atoms with Crippen LogP contribution in [0.2, 0.25) is 5.02 Å². The highest BCUT2D eigenvalue weighted by molar-refractivity contribution is 8.00. The number of aryl methyl sites for hydroxylation is 1. The van der Waals surface area contributed by atoms with E-state index in [4.69, 9.17) is 16.3 Å². The number of benzene rings is 3. The fourth-order valence-electron chi connectivity index (χ4n) is 3.63. The van der Waals surface area contributed by atoms with E-state index in [0.717, 1.165) is 22.4 Å². The summed E-state index contributed by atoms with van der Waals surface area (Å²) in [7, 11) is 0. The van der Waals surface area contributed by atoms with Crippen molar-refractivity contribution in [1.82, 2.24) is 10.2 Å². The van der Waals surface area contributed by atoms with Crippen molar-refractivity contribution in [3.8, 4) is 5.75 Å². The first-order chi connectivity index (χ1) is 16.0. The van der Waals surface area contributed by atoms with Crippen molar-refractivity contribution >= 4 is 35.2 Å². The van der Waals surface area contributed by atoms with Crippen LogP contribution in [-0.2, 0) is 11.3 Å². The molecule has 0 aromatic heterocycles. The third-order valence-corrected chi connectivity index (χ3v) is 6.85. The van der Waals surface area contributed by atoms with Crippen LogP contribution in [0, 0.1) is 6.92 Å². The SMILES string of the molecule is Cc1cccc(OCCNC(=O)c2ccc(C3SCC(=O)N3Cc3ccc(Cl)cc3)cc2)c1. The molecule has 3 aromatic carbocycles. The Hall–Kier alpha value is -2.96. The Labute approximate surface area is 203 Å². The van der Waals surface area contributed by atoms with Gasteiger partial charge in [0.2, 0.25) is 5.91 Å². The Balaban J connectivity index is 1.32. The molecule has 2 amide bonds. The van der Waals surface area contributed by atoms with E-state index in [9.17, 15) is 9.59 Å². The number of carbonyl (C=O) groups is 2. The van der Waals surface area contributed by atoms with Gasteiger partial charge in [-0.2, -0.15) is 0 Å². The van der Waals surface area contributed by atoms with Crippen LogP contribution < -0.4 is 10.1 Å². The molecule has 1 heterocycles. The molecule has 5 nitrogen and oxygen atoms in total. The van der Waals surface area contributed by atoms with Gasteiger partial charge in [0, 0.05) is 17.1 Å². The third kappa shape index (κ3) is 6.09. The number of ether oxygens (including phenoxy) is 1. The monoisotopic (exact) mass is 480 g/mol. The summed E-state index contributed by atoms with van der Waals surface area (Å²) in [6, 6.07) is 22.8. The van der Waals surface area contributed by atoms with Gasteiger partial charge in [-0.3, -0.25) is 9.59 Å². The molecule has 1 aliphatic rings. The van der Waals surface area contributed by atoms with E-state index in [-0.39, 0.29) is 17.2 Å². The van der Waals surface area contributed by atoms with Crippen molar-refractivity contribution in [2.75, 3.05) is 18.9 Å². The molecular formula is C26H25ClN2O3S. The second-order valence-electron chi connectivity index (χ2n) is 7.85. The third-order valence-electron chi connectivity index (χ3n) is 5.34. The van der Waals surface area contributed by atoms with Crippen molar-refractivity contribution in [2.45, 2.75) is 18.8 Å². The lowest BCUT2D eigenvalue weighted by molar-refractivity contribution is -0.128. The van der Waals surface area contributed by atoms with E-state index >= 15 is 0 Å². The number of amides is 2. The Morgan fingerprint density at radius 3 is 2.61 bits per heavy atom. The average molecular weight is 481 g/mol. The van der Waals surface area contributed by atoms with Crippen molar-refractivity contribution < 1.29 is 14.3 Å². The van der Waals surface area contributed by atoms with Gasteiger partial charge in [0.25, 0.3) is 5.91 Å². The molecule has 170 valence electrons. The molecule has 1 unspecified atom stereocenters. The topological polar surface area (TPSA) is 58.6 Å². The van der Waals surface area contributed by atoms with Crippen LogP contribution in [0.15, 0.2) is 72.8 Å². The highest BCUT2D eigenvalue weighted by Crippen LogP contribution is 2.39. The molecule has 0 spiro atoms. The van der Waals surface area contributed by atoms with Crippen molar-refractivity contribution in [2.24, 2.45) is 0 Å². The molecule has 4 rings (SSSR count). The molecule has 1 atom stereocenters.